The second-order valence-corrected chi connectivity index (χ2v) is 5.49. The zero-order valence-corrected chi connectivity index (χ0v) is 13.5. The van der Waals surface area contributed by atoms with Gasteiger partial charge >= 0.3 is 5.97 Å². The maximum atomic E-state index is 12.0. The van der Waals surface area contributed by atoms with E-state index in [4.69, 9.17) is 16.5 Å². The molecule has 0 unspecified atom stereocenters. The Balaban J connectivity index is 2.27. The Morgan fingerprint density at radius 2 is 1.41 bits per heavy atom. The Morgan fingerprint density at radius 3 is 1.82 bits per heavy atom. The number of benzene rings is 2. The standard InChI is InChI=1S/C18H20ClNO2/c1-13(20-19)18(21)22-14(2)17(15-9-5-3-6-10-15)16-11-7-4-8-12-16/h3-14,17,20H,1-2H3/t13-,14-/m0/s1. The number of rotatable bonds is 6. The zero-order valence-electron chi connectivity index (χ0n) is 12.7. The van der Waals surface area contributed by atoms with Crippen LogP contribution in [0.3, 0.4) is 0 Å². The Bertz CT molecular complexity index is 549. The summed E-state index contributed by atoms with van der Waals surface area (Å²) in [4.78, 5) is 14.4. The molecule has 2 aromatic rings. The van der Waals surface area contributed by atoms with Crippen molar-refractivity contribution in [2.24, 2.45) is 0 Å². The quantitative estimate of drug-likeness (QED) is 0.649. The SMILES string of the molecule is C[C@H](NCl)C(=O)O[C@@H](C)C(c1ccccc1)c1ccccc1. The van der Waals surface area contributed by atoms with E-state index >= 15 is 0 Å². The van der Waals surface area contributed by atoms with Crippen LogP contribution in [0.25, 0.3) is 0 Å². The van der Waals surface area contributed by atoms with Crippen molar-refractivity contribution < 1.29 is 9.53 Å². The lowest BCUT2D eigenvalue weighted by atomic mass is 9.87. The molecular weight excluding hydrogens is 298 g/mol. The van der Waals surface area contributed by atoms with Crippen LogP contribution in [-0.4, -0.2) is 18.1 Å². The Morgan fingerprint density at radius 1 is 0.955 bits per heavy atom. The van der Waals surface area contributed by atoms with Crippen LogP contribution in [0.5, 0.6) is 0 Å². The molecule has 0 radical (unpaired) electrons. The van der Waals surface area contributed by atoms with Crippen LogP contribution in [0.1, 0.15) is 30.9 Å². The third kappa shape index (κ3) is 4.09. The van der Waals surface area contributed by atoms with Gasteiger partial charge < -0.3 is 4.74 Å². The van der Waals surface area contributed by atoms with E-state index in [9.17, 15) is 4.79 Å². The molecule has 0 fully saturated rings. The lowest BCUT2D eigenvalue weighted by molar-refractivity contribution is -0.150. The Labute approximate surface area is 136 Å². The number of esters is 1. The average molecular weight is 318 g/mol. The van der Waals surface area contributed by atoms with E-state index in [1.165, 1.54) is 0 Å². The predicted octanol–water partition coefficient (Wildman–Crippen LogP) is 3.88. The van der Waals surface area contributed by atoms with Crippen LogP contribution in [-0.2, 0) is 9.53 Å². The molecule has 1 N–H and O–H groups in total. The normalized spacial score (nSPS) is 13.6. The molecule has 116 valence electrons. The van der Waals surface area contributed by atoms with E-state index < -0.39 is 6.04 Å². The molecule has 0 bridgehead atoms. The van der Waals surface area contributed by atoms with Gasteiger partial charge in [0.05, 0.1) is 0 Å². The fourth-order valence-corrected chi connectivity index (χ4v) is 2.54. The zero-order chi connectivity index (χ0) is 15.9. The summed E-state index contributed by atoms with van der Waals surface area (Å²) in [6.45, 7) is 3.58. The van der Waals surface area contributed by atoms with Crippen LogP contribution in [0.2, 0.25) is 0 Å². The molecule has 0 heterocycles. The second-order valence-electron chi connectivity index (χ2n) is 5.27. The van der Waals surface area contributed by atoms with E-state index in [0.29, 0.717) is 0 Å². The summed E-state index contributed by atoms with van der Waals surface area (Å²) in [5.41, 5.74) is 2.22. The molecule has 0 aliphatic rings. The lowest BCUT2D eigenvalue weighted by Gasteiger charge is -2.26. The minimum absolute atomic E-state index is 0.0196. The monoisotopic (exact) mass is 317 g/mol. The molecule has 0 amide bonds. The van der Waals surface area contributed by atoms with Gasteiger partial charge in [-0.3, -0.25) is 4.79 Å². The third-order valence-corrected chi connectivity index (χ3v) is 3.93. The van der Waals surface area contributed by atoms with Crippen LogP contribution >= 0.6 is 11.8 Å². The topological polar surface area (TPSA) is 38.3 Å². The van der Waals surface area contributed by atoms with E-state index in [1.54, 1.807) is 6.92 Å². The molecule has 0 saturated carbocycles. The first kappa shape index (κ1) is 16.5. The van der Waals surface area contributed by atoms with Gasteiger partial charge in [-0.15, -0.1) is 0 Å². The smallest absolute Gasteiger partial charge is 0.324 e. The second kappa shape index (κ2) is 7.97. The molecule has 0 spiro atoms. The molecule has 0 saturated heterocycles. The van der Waals surface area contributed by atoms with Crippen LogP contribution in [0, 0.1) is 0 Å². The third-order valence-electron chi connectivity index (χ3n) is 3.61. The van der Waals surface area contributed by atoms with E-state index in [2.05, 4.69) is 4.84 Å². The summed E-state index contributed by atoms with van der Waals surface area (Å²) in [6, 6.07) is 19.5. The van der Waals surface area contributed by atoms with Gasteiger partial charge in [0.1, 0.15) is 12.1 Å². The molecule has 0 aliphatic carbocycles. The van der Waals surface area contributed by atoms with Crippen molar-refractivity contribution in [1.82, 2.24) is 4.84 Å². The first-order valence-electron chi connectivity index (χ1n) is 7.30. The number of ether oxygens (including phenoxy) is 1. The summed E-state index contributed by atoms with van der Waals surface area (Å²) >= 11 is 5.49. The van der Waals surface area contributed by atoms with Crippen molar-refractivity contribution in [2.75, 3.05) is 0 Å². The molecule has 3 nitrogen and oxygen atoms in total. The van der Waals surface area contributed by atoms with Crippen molar-refractivity contribution in [3.8, 4) is 0 Å². The van der Waals surface area contributed by atoms with Gasteiger partial charge in [0, 0.05) is 5.92 Å². The largest absolute Gasteiger partial charge is 0.460 e. The highest BCUT2D eigenvalue weighted by Crippen LogP contribution is 2.29. The fraction of sp³-hybridized carbons (Fsp3) is 0.278. The van der Waals surface area contributed by atoms with Crippen molar-refractivity contribution >= 4 is 17.7 Å². The first-order valence-corrected chi connectivity index (χ1v) is 7.67. The van der Waals surface area contributed by atoms with Gasteiger partial charge in [0.2, 0.25) is 0 Å². The summed E-state index contributed by atoms with van der Waals surface area (Å²) in [5.74, 6) is -0.381. The molecule has 2 rings (SSSR count). The van der Waals surface area contributed by atoms with Crippen LogP contribution in [0.4, 0.5) is 0 Å². The van der Waals surface area contributed by atoms with E-state index in [0.717, 1.165) is 11.1 Å². The Kier molecular flexibility index (Phi) is 5.99. The molecule has 22 heavy (non-hydrogen) atoms. The highest BCUT2D eigenvalue weighted by Gasteiger charge is 2.26. The van der Waals surface area contributed by atoms with Crippen molar-refractivity contribution in [3.63, 3.8) is 0 Å². The maximum Gasteiger partial charge on any atom is 0.324 e. The molecule has 2 atom stereocenters. The molecule has 4 heteroatoms. The average Bonchev–Trinajstić information content (AvgIpc) is 2.56. The van der Waals surface area contributed by atoms with E-state index in [1.807, 2.05) is 67.6 Å². The summed E-state index contributed by atoms with van der Waals surface area (Å²) in [7, 11) is 0. The first-order chi connectivity index (χ1) is 10.6. The highest BCUT2D eigenvalue weighted by atomic mass is 35.5. The summed E-state index contributed by atoms with van der Waals surface area (Å²) in [5, 5.41) is 0. The van der Waals surface area contributed by atoms with Crippen molar-refractivity contribution in [2.45, 2.75) is 31.9 Å². The molecule has 0 aliphatic heterocycles. The fourth-order valence-electron chi connectivity index (χ4n) is 2.45. The predicted molar refractivity (Wildman–Crippen MR) is 88.7 cm³/mol. The number of halogens is 1. The van der Waals surface area contributed by atoms with Gasteiger partial charge in [0.25, 0.3) is 0 Å². The van der Waals surface area contributed by atoms with Crippen molar-refractivity contribution in [3.05, 3.63) is 71.8 Å². The summed E-state index contributed by atoms with van der Waals surface area (Å²) < 4.78 is 5.59. The van der Waals surface area contributed by atoms with Crippen molar-refractivity contribution in [1.29, 1.82) is 0 Å². The maximum absolute atomic E-state index is 12.0. The Hall–Kier alpha value is -1.84. The lowest BCUT2D eigenvalue weighted by Crippen LogP contribution is -2.34. The van der Waals surface area contributed by atoms with Gasteiger partial charge in [0.15, 0.2) is 0 Å². The van der Waals surface area contributed by atoms with Crippen LogP contribution in [0.15, 0.2) is 60.7 Å². The molecule has 2 aromatic carbocycles. The van der Waals surface area contributed by atoms with Gasteiger partial charge in [-0.05, 0) is 36.8 Å². The number of carbonyl (C=O) groups is 1. The number of hydrogen-bond acceptors (Lipinski definition) is 3. The number of nitrogens with one attached hydrogen (secondary N) is 1. The minimum atomic E-state index is -0.545. The molecular formula is C18H20ClNO2. The minimum Gasteiger partial charge on any atom is -0.460 e. The van der Waals surface area contributed by atoms with Gasteiger partial charge in [-0.1, -0.05) is 60.7 Å². The number of carbonyl (C=O) groups excluding carboxylic acids is 1. The summed E-state index contributed by atoms with van der Waals surface area (Å²) in [6.07, 6.45) is -0.301. The van der Waals surface area contributed by atoms with E-state index in [-0.39, 0.29) is 18.0 Å². The van der Waals surface area contributed by atoms with Gasteiger partial charge in [-0.25, -0.2) is 4.84 Å². The molecule has 0 aromatic heterocycles. The highest BCUT2D eigenvalue weighted by molar-refractivity contribution is 6.14. The van der Waals surface area contributed by atoms with Crippen LogP contribution < -0.4 is 4.84 Å². The number of hydrogen-bond donors (Lipinski definition) is 1. The van der Waals surface area contributed by atoms with Gasteiger partial charge in [-0.2, -0.15) is 0 Å².